The van der Waals surface area contributed by atoms with Crippen molar-refractivity contribution in [3.63, 3.8) is 0 Å². The van der Waals surface area contributed by atoms with E-state index in [1.165, 1.54) is 0 Å². The number of carbonyl (C=O) groups excluding carboxylic acids is 1. The lowest BCUT2D eigenvalue weighted by molar-refractivity contribution is 0.259. The number of nitrogens with one attached hydrogen (secondary N) is 2. The van der Waals surface area contributed by atoms with E-state index < -0.39 is 6.03 Å². The van der Waals surface area contributed by atoms with Crippen LogP contribution >= 0.6 is 0 Å². The summed E-state index contributed by atoms with van der Waals surface area (Å²) in [5.74, 6) is 0. The molecule has 0 saturated carbocycles. The lowest BCUT2D eigenvalue weighted by Crippen LogP contribution is -2.19. The number of nitrogens with zero attached hydrogens (tertiary/aromatic N) is 2. The Morgan fingerprint density at radius 2 is 2.08 bits per heavy atom. The Morgan fingerprint density at radius 3 is 2.80 bits per heavy atom. The first kappa shape index (κ1) is 14.9. The Labute approximate surface area is 144 Å². The van der Waals surface area contributed by atoms with Crippen LogP contribution in [0.3, 0.4) is 0 Å². The molecule has 0 spiro atoms. The highest BCUT2D eigenvalue weighted by molar-refractivity contribution is 6.26. The highest BCUT2D eigenvalue weighted by atomic mass is 16.2. The van der Waals surface area contributed by atoms with Crippen molar-refractivity contribution in [2.24, 2.45) is 10.7 Å². The molecule has 1 aromatic carbocycles. The molecule has 0 aliphatic carbocycles. The maximum atomic E-state index is 11.1. The summed E-state index contributed by atoms with van der Waals surface area (Å²) in [5.41, 5.74) is 11.5. The Bertz CT molecular complexity index is 988. The number of aromatic nitrogens is 2. The van der Waals surface area contributed by atoms with Gasteiger partial charge in [-0.25, -0.2) is 4.79 Å². The highest BCUT2D eigenvalue weighted by Gasteiger charge is 2.20. The second kappa shape index (κ2) is 6.09. The third-order valence-electron chi connectivity index (χ3n) is 3.97. The molecule has 4 N–H and O–H groups in total. The van der Waals surface area contributed by atoms with Crippen LogP contribution in [0.1, 0.15) is 16.8 Å². The van der Waals surface area contributed by atoms with Crippen LogP contribution in [0, 0.1) is 0 Å². The zero-order chi connectivity index (χ0) is 17.2. The number of carbonyl (C=O) groups is 1. The van der Waals surface area contributed by atoms with Gasteiger partial charge in [-0.3, -0.25) is 9.98 Å². The standard InChI is InChI=1S/C19H15N5O/c20-19(25)24-13-5-6-16-14(9-13)15(11-23-16)18(17-4-2-8-22-17)12-3-1-7-21-10-12/h1-11,22H,(H3,20,24,25). The third-order valence-corrected chi connectivity index (χ3v) is 3.97. The number of hydrogen-bond acceptors (Lipinski definition) is 3. The van der Waals surface area contributed by atoms with Gasteiger partial charge in [0.25, 0.3) is 0 Å². The predicted molar refractivity (Wildman–Crippen MR) is 98.7 cm³/mol. The number of allylic oxidation sites excluding steroid dienone is 1. The fourth-order valence-corrected chi connectivity index (χ4v) is 2.94. The second-order valence-corrected chi connectivity index (χ2v) is 5.59. The van der Waals surface area contributed by atoms with E-state index in [0.717, 1.165) is 33.7 Å². The van der Waals surface area contributed by atoms with Gasteiger partial charge in [-0.15, -0.1) is 0 Å². The van der Waals surface area contributed by atoms with Gasteiger partial charge in [0.15, 0.2) is 0 Å². The third kappa shape index (κ3) is 2.81. The van der Waals surface area contributed by atoms with Gasteiger partial charge in [0, 0.05) is 58.5 Å². The van der Waals surface area contributed by atoms with E-state index in [-0.39, 0.29) is 0 Å². The molecule has 0 saturated heterocycles. The van der Waals surface area contributed by atoms with E-state index in [9.17, 15) is 4.79 Å². The molecule has 2 amide bonds. The summed E-state index contributed by atoms with van der Waals surface area (Å²) in [7, 11) is 0. The number of aliphatic imine (C=N–C) groups is 1. The van der Waals surface area contributed by atoms with Crippen LogP contribution < -0.4 is 11.1 Å². The number of benzene rings is 1. The molecule has 3 heterocycles. The van der Waals surface area contributed by atoms with Crippen molar-refractivity contribution in [1.29, 1.82) is 0 Å². The van der Waals surface area contributed by atoms with Crippen LogP contribution in [0.5, 0.6) is 0 Å². The minimum atomic E-state index is -0.596. The van der Waals surface area contributed by atoms with Crippen molar-refractivity contribution in [1.82, 2.24) is 9.97 Å². The van der Waals surface area contributed by atoms with Crippen molar-refractivity contribution in [2.75, 3.05) is 5.32 Å². The lowest BCUT2D eigenvalue weighted by atomic mass is 9.94. The summed E-state index contributed by atoms with van der Waals surface area (Å²) in [6.45, 7) is 0. The van der Waals surface area contributed by atoms with Gasteiger partial charge in [0.05, 0.1) is 5.69 Å². The number of H-pyrrole nitrogens is 1. The molecular formula is C19H15N5O. The Hall–Kier alpha value is -3.67. The number of anilines is 1. The van der Waals surface area contributed by atoms with Gasteiger partial charge >= 0.3 is 6.03 Å². The molecule has 0 radical (unpaired) electrons. The SMILES string of the molecule is NC(=O)Nc1ccc2c(c1)C(=C(c1cccnc1)c1ccc[nH]1)C=N2. The molecule has 2 aromatic heterocycles. The number of rotatable bonds is 3. The Morgan fingerprint density at radius 1 is 1.16 bits per heavy atom. The number of nitrogens with two attached hydrogens (primary N) is 1. The first-order valence-corrected chi connectivity index (χ1v) is 7.76. The van der Waals surface area contributed by atoms with E-state index in [2.05, 4.69) is 20.3 Å². The molecule has 0 bridgehead atoms. The van der Waals surface area contributed by atoms with Crippen LogP contribution in [-0.2, 0) is 0 Å². The highest BCUT2D eigenvalue weighted by Crippen LogP contribution is 2.39. The van der Waals surface area contributed by atoms with Crippen LogP contribution in [0.15, 0.2) is 66.0 Å². The summed E-state index contributed by atoms with van der Waals surface area (Å²) in [6.07, 6.45) is 7.28. The molecule has 122 valence electrons. The van der Waals surface area contributed by atoms with Gasteiger partial charge in [-0.2, -0.15) is 0 Å². The molecule has 1 aliphatic rings. The van der Waals surface area contributed by atoms with E-state index in [1.807, 2.05) is 55.0 Å². The van der Waals surface area contributed by atoms with Crippen LogP contribution in [0.25, 0.3) is 11.1 Å². The first-order chi connectivity index (χ1) is 12.2. The maximum absolute atomic E-state index is 11.1. The molecule has 25 heavy (non-hydrogen) atoms. The fraction of sp³-hybridized carbons (Fsp3) is 0. The largest absolute Gasteiger partial charge is 0.361 e. The summed E-state index contributed by atoms with van der Waals surface area (Å²) in [4.78, 5) is 23.1. The summed E-state index contributed by atoms with van der Waals surface area (Å²) in [6, 6.07) is 12.8. The minimum Gasteiger partial charge on any atom is -0.361 e. The summed E-state index contributed by atoms with van der Waals surface area (Å²) >= 11 is 0. The molecule has 1 aliphatic heterocycles. The second-order valence-electron chi connectivity index (χ2n) is 5.59. The number of fused-ring (bicyclic) bond motifs is 1. The molecule has 6 nitrogen and oxygen atoms in total. The number of aromatic amines is 1. The van der Waals surface area contributed by atoms with Gasteiger partial charge < -0.3 is 16.0 Å². The predicted octanol–water partition coefficient (Wildman–Crippen LogP) is 3.58. The normalized spacial score (nSPS) is 14.2. The van der Waals surface area contributed by atoms with Crippen LogP contribution in [0.2, 0.25) is 0 Å². The van der Waals surface area contributed by atoms with Gasteiger partial charge in [-0.1, -0.05) is 6.07 Å². The molecule has 0 fully saturated rings. The molecule has 0 unspecified atom stereocenters. The number of primary amides is 1. The monoisotopic (exact) mass is 329 g/mol. The van der Waals surface area contributed by atoms with Crippen molar-refractivity contribution in [3.8, 4) is 0 Å². The van der Waals surface area contributed by atoms with Gasteiger partial charge in [0.2, 0.25) is 0 Å². The number of pyridine rings is 1. The summed E-state index contributed by atoms with van der Waals surface area (Å²) < 4.78 is 0. The molecule has 4 rings (SSSR count). The van der Waals surface area contributed by atoms with E-state index in [4.69, 9.17) is 5.73 Å². The van der Waals surface area contributed by atoms with Gasteiger partial charge in [0.1, 0.15) is 0 Å². The summed E-state index contributed by atoms with van der Waals surface area (Å²) in [5, 5.41) is 2.61. The number of urea groups is 1. The smallest absolute Gasteiger partial charge is 0.316 e. The average Bonchev–Trinajstić information content (AvgIpc) is 3.27. The fourth-order valence-electron chi connectivity index (χ4n) is 2.94. The Balaban J connectivity index is 1.92. The Kier molecular flexibility index (Phi) is 3.63. The van der Waals surface area contributed by atoms with Crippen molar-refractivity contribution in [2.45, 2.75) is 0 Å². The van der Waals surface area contributed by atoms with E-state index in [0.29, 0.717) is 5.69 Å². The van der Waals surface area contributed by atoms with Gasteiger partial charge in [-0.05, 0) is 36.4 Å². The zero-order valence-corrected chi connectivity index (χ0v) is 13.2. The molecule has 6 heteroatoms. The number of hydrogen-bond donors (Lipinski definition) is 3. The van der Waals surface area contributed by atoms with E-state index >= 15 is 0 Å². The van der Waals surface area contributed by atoms with Crippen molar-refractivity contribution >= 4 is 34.8 Å². The zero-order valence-electron chi connectivity index (χ0n) is 13.2. The topological polar surface area (TPSA) is 96.2 Å². The first-order valence-electron chi connectivity index (χ1n) is 7.76. The maximum Gasteiger partial charge on any atom is 0.316 e. The average molecular weight is 329 g/mol. The van der Waals surface area contributed by atoms with Crippen LogP contribution in [-0.4, -0.2) is 22.2 Å². The molecular weight excluding hydrogens is 314 g/mol. The van der Waals surface area contributed by atoms with Crippen molar-refractivity contribution < 1.29 is 4.79 Å². The molecule has 0 atom stereocenters. The van der Waals surface area contributed by atoms with Crippen molar-refractivity contribution in [3.05, 3.63) is 77.9 Å². The van der Waals surface area contributed by atoms with E-state index in [1.54, 1.807) is 12.3 Å². The minimum absolute atomic E-state index is 0.596. The lowest BCUT2D eigenvalue weighted by Gasteiger charge is -2.11. The number of amides is 2. The molecule has 3 aromatic rings. The quantitative estimate of drug-likeness (QED) is 0.685. The van der Waals surface area contributed by atoms with Crippen LogP contribution in [0.4, 0.5) is 16.2 Å².